The van der Waals surface area contributed by atoms with Gasteiger partial charge in [0, 0.05) is 11.8 Å². The Morgan fingerprint density at radius 2 is 2.11 bits per heavy atom. The monoisotopic (exact) mass is 341 g/mol. The van der Waals surface area contributed by atoms with Gasteiger partial charge in [-0.2, -0.15) is 5.10 Å². The molecule has 0 fully saturated rings. The van der Waals surface area contributed by atoms with Gasteiger partial charge in [0.15, 0.2) is 5.82 Å². The lowest BCUT2D eigenvalue weighted by Crippen LogP contribution is -2.12. The number of halogens is 2. The van der Waals surface area contributed by atoms with Gasteiger partial charge in [0.25, 0.3) is 0 Å². The van der Waals surface area contributed by atoms with Crippen molar-refractivity contribution in [3.63, 3.8) is 0 Å². The molecule has 1 heterocycles. The number of aromatic nitrogens is 2. The van der Waals surface area contributed by atoms with Crippen molar-refractivity contribution in [3.05, 3.63) is 45.9 Å². The Morgan fingerprint density at radius 1 is 1.42 bits per heavy atom. The molecule has 1 aromatic heterocycles. The first-order valence-electron chi connectivity index (χ1n) is 5.75. The summed E-state index contributed by atoms with van der Waals surface area (Å²) in [5.74, 6) is -0.132. The number of benzene rings is 1. The Hall–Kier alpha value is -1.27. The van der Waals surface area contributed by atoms with Crippen molar-refractivity contribution < 1.29 is 4.39 Å². The van der Waals surface area contributed by atoms with E-state index in [0.29, 0.717) is 17.2 Å². The summed E-state index contributed by atoms with van der Waals surface area (Å²) in [6.45, 7) is 4.07. The van der Waals surface area contributed by atoms with Gasteiger partial charge in [-0.25, -0.2) is 9.07 Å². The molecule has 0 amide bonds. The van der Waals surface area contributed by atoms with E-state index in [9.17, 15) is 4.39 Å². The molecule has 0 aliphatic heterocycles. The van der Waals surface area contributed by atoms with Crippen LogP contribution in [0.4, 0.5) is 4.39 Å². The van der Waals surface area contributed by atoms with Crippen molar-refractivity contribution in [3.8, 4) is 5.69 Å². The molecule has 2 N–H and O–H groups in total. The summed E-state index contributed by atoms with van der Waals surface area (Å²) in [6.07, 6.45) is 1.74. The maximum absolute atomic E-state index is 14.3. The van der Waals surface area contributed by atoms with Gasteiger partial charge >= 0.3 is 0 Å². The summed E-state index contributed by atoms with van der Waals surface area (Å²) in [5, 5.41) is 4.35. The first-order chi connectivity index (χ1) is 8.91. The SMILES string of the molecule is CC(C)c1ccn(-c2ccc(C(N)=S)c(Br)c2F)n1. The Kier molecular flexibility index (Phi) is 4.01. The van der Waals surface area contributed by atoms with Gasteiger partial charge in [-0.3, -0.25) is 0 Å². The number of hydrogen-bond donors (Lipinski definition) is 1. The van der Waals surface area contributed by atoms with Gasteiger partial charge in [-0.05, 0) is 40.0 Å². The molecule has 0 bridgehead atoms. The van der Waals surface area contributed by atoms with Crippen molar-refractivity contribution in [1.82, 2.24) is 9.78 Å². The van der Waals surface area contributed by atoms with E-state index in [1.165, 1.54) is 4.68 Å². The quantitative estimate of drug-likeness (QED) is 0.868. The highest BCUT2D eigenvalue weighted by Gasteiger charge is 2.15. The molecule has 100 valence electrons. The lowest BCUT2D eigenvalue weighted by Gasteiger charge is -2.09. The average molecular weight is 342 g/mol. The summed E-state index contributed by atoms with van der Waals surface area (Å²) in [7, 11) is 0. The molecule has 6 heteroatoms. The molecule has 0 aliphatic carbocycles. The minimum atomic E-state index is -0.427. The third-order valence-electron chi connectivity index (χ3n) is 2.78. The van der Waals surface area contributed by atoms with Crippen LogP contribution in [0.15, 0.2) is 28.9 Å². The number of thiocarbonyl (C=S) groups is 1. The maximum Gasteiger partial charge on any atom is 0.163 e. The van der Waals surface area contributed by atoms with E-state index in [0.717, 1.165) is 5.69 Å². The van der Waals surface area contributed by atoms with Gasteiger partial charge in [0.1, 0.15) is 10.7 Å². The van der Waals surface area contributed by atoms with E-state index in [1.807, 2.05) is 19.9 Å². The Bertz CT molecular complexity index is 637. The van der Waals surface area contributed by atoms with Gasteiger partial charge in [0.05, 0.1) is 10.2 Å². The summed E-state index contributed by atoms with van der Waals surface area (Å²) in [4.78, 5) is 0.153. The smallest absolute Gasteiger partial charge is 0.163 e. The van der Waals surface area contributed by atoms with Crippen LogP contribution in [-0.2, 0) is 0 Å². The van der Waals surface area contributed by atoms with Crippen LogP contribution in [0.1, 0.15) is 31.0 Å². The molecule has 19 heavy (non-hydrogen) atoms. The van der Waals surface area contributed by atoms with Crippen LogP contribution in [-0.4, -0.2) is 14.8 Å². The fourth-order valence-corrected chi connectivity index (χ4v) is 2.54. The first kappa shape index (κ1) is 14.1. The van der Waals surface area contributed by atoms with Crippen LogP contribution >= 0.6 is 28.1 Å². The molecule has 0 unspecified atom stereocenters. The van der Waals surface area contributed by atoms with Crippen LogP contribution in [0.5, 0.6) is 0 Å². The molecule has 0 spiro atoms. The van der Waals surface area contributed by atoms with Crippen LogP contribution in [0, 0.1) is 5.82 Å². The molecular formula is C13H13BrFN3S. The third-order valence-corrected chi connectivity index (χ3v) is 3.77. The molecule has 2 aromatic rings. The van der Waals surface area contributed by atoms with Crippen LogP contribution in [0.25, 0.3) is 5.69 Å². The second-order valence-electron chi connectivity index (χ2n) is 4.46. The normalized spacial score (nSPS) is 11.0. The van der Waals surface area contributed by atoms with Crippen molar-refractivity contribution >= 4 is 33.1 Å². The number of hydrogen-bond acceptors (Lipinski definition) is 2. The molecule has 0 aliphatic rings. The molecule has 3 nitrogen and oxygen atoms in total. The fraction of sp³-hybridized carbons (Fsp3) is 0.231. The zero-order valence-electron chi connectivity index (χ0n) is 10.5. The van der Waals surface area contributed by atoms with Crippen molar-refractivity contribution in [2.45, 2.75) is 19.8 Å². The molecule has 0 saturated heterocycles. The molecule has 0 saturated carbocycles. The van der Waals surface area contributed by atoms with E-state index in [2.05, 4.69) is 21.0 Å². The number of nitrogens with zero attached hydrogens (tertiary/aromatic N) is 2. The summed E-state index contributed by atoms with van der Waals surface area (Å²) >= 11 is 8.05. The highest BCUT2D eigenvalue weighted by molar-refractivity contribution is 9.10. The fourth-order valence-electron chi connectivity index (χ4n) is 1.69. The molecule has 1 aromatic carbocycles. The van der Waals surface area contributed by atoms with Gasteiger partial charge in [-0.15, -0.1) is 0 Å². The summed E-state index contributed by atoms with van der Waals surface area (Å²) in [5.41, 5.74) is 7.28. The lowest BCUT2D eigenvalue weighted by molar-refractivity contribution is 0.602. The van der Waals surface area contributed by atoms with E-state index >= 15 is 0 Å². The predicted molar refractivity (Wildman–Crippen MR) is 81.2 cm³/mol. The van der Waals surface area contributed by atoms with Crippen molar-refractivity contribution in [1.29, 1.82) is 0 Å². The van der Waals surface area contributed by atoms with Crippen LogP contribution in [0.2, 0.25) is 0 Å². The van der Waals surface area contributed by atoms with E-state index in [1.54, 1.807) is 18.3 Å². The minimum Gasteiger partial charge on any atom is -0.389 e. The summed E-state index contributed by atoms with van der Waals surface area (Å²) < 4.78 is 16.1. The maximum atomic E-state index is 14.3. The topological polar surface area (TPSA) is 43.8 Å². The minimum absolute atomic E-state index is 0.153. The van der Waals surface area contributed by atoms with E-state index in [-0.39, 0.29) is 9.46 Å². The molecule has 0 radical (unpaired) electrons. The van der Waals surface area contributed by atoms with Gasteiger partial charge in [-0.1, -0.05) is 26.1 Å². The lowest BCUT2D eigenvalue weighted by atomic mass is 10.1. The zero-order valence-corrected chi connectivity index (χ0v) is 12.9. The van der Waals surface area contributed by atoms with Crippen LogP contribution in [0.3, 0.4) is 0 Å². The molecule has 2 rings (SSSR count). The third kappa shape index (κ3) is 2.69. The second kappa shape index (κ2) is 5.38. The first-order valence-corrected chi connectivity index (χ1v) is 6.95. The zero-order chi connectivity index (χ0) is 14.2. The Labute approximate surface area is 124 Å². The van der Waals surface area contributed by atoms with Crippen LogP contribution < -0.4 is 5.73 Å². The second-order valence-corrected chi connectivity index (χ2v) is 5.70. The Morgan fingerprint density at radius 3 is 2.63 bits per heavy atom. The van der Waals surface area contributed by atoms with E-state index < -0.39 is 5.82 Å². The van der Waals surface area contributed by atoms with Crippen molar-refractivity contribution in [2.24, 2.45) is 5.73 Å². The molecule has 0 atom stereocenters. The predicted octanol–water partition coefficient (Wildman–Crippen LogP) is 3.53. The highest BCUT2D eigenvalue weighted by atomic mass is 79.9. The number of rotatable bonds is 3. The summed E-state index contributed by atoms with van der Waals surface area (Å²) in [6, 6.07) is 5.17. The standard InChI is InChI=1S/C13H13BrFN3S/c1-7(2)9-5-6-18(17-9)10-4-3-8(13(16)19)11(14)12(10)15/h3-7H,1-2H3,(H2,16,19). The number of nitrogens with two attached hydrogens (primary N) is 1. The Balaban J connectivity index is 2.51. The van der Waals surface area contributed by atoms with Gasteiger partial charge < -0.3 is 5.73 Å². The average Bonchev–Trinajstić information content (AvgIpc) is 2.81. The van der Waals surface area contributed by atoms with Gasteiger partial charge in [0.2, 0.25) is 0 Å². The van der Waals surface area contributed by atoms with Crippen molar-refractivity contribution in [2.75, 3.05) is 0 Å². The highest BCUT2D eigenvalue weighted by Crippen LogP contribution is 2.26. The largest absolute Gasteiger partial charge is 0.389 e. The van der Waals surface area contributed by atoms with E-state index in [4.69, 9.17) is 18.0 Å². The molecular weight excluding hydrogens is 329 g/mol.